The lowest BCUT2D eigenvalue weighted by molar-refractivity contribution is -0.143. The number of hydrogen-bond donors (Lipinski definition) is 5. The van der Waals surface area contributed by atoms with Gasteiger partial charge in [-0.1, -0.05) is 67.9 Å². The molecule has 0 aliphatic carbocycles. The van der Waals surface area contributed by atoms with Gasteiger partial charge in [0.05, 0.1) is 11.8 Å². The molecular formula is C34H62N6O7S. The van der Waals surface area contributed by atoms with Crippen LogP contribution in [0, 0.1) is 23.2 Å². The van der Waals surface area contributed by atoms with Gasteiger partial charge in [-0.05, 0) is 63.2 Å². The monoisotopic (exact) mass is 698 g/mol. The molecule has 13 nitrogen and oxygen atoms in total. The van der Waals surface area contributed by atoms with Crippen molar-refractivity contribution >= 4 is 39.6 Å². The molecule has 5 amide bonds. The number of rotatable bonds is 17. The lowest BCUT2D eigenvalue weighted by Crippen LogP contribution is -2.61. The quantitative estimate of drug-likeness (QED) is 0.114. The molecule has 276 valence electrons. The van der Waals surface area contributed by atoms with Crippen molar-refractivity contribution in [2.24, 2.45) is 23.2 Å². The zero-order valence-corrected chi connectivity index (χ0v) is 31.8. The second-order valence-electron chi connectivity index (χ2n) is 15.9. The van der Waals surface area contributed by atoms with Crippen molar-refractivity contribution in [1.29, 1.82) is 0 Å². The Hall–Kier alpha value is -3.00. The van der Waals surface area contributed by atoms with Crippen molar-refractivity contribution in [3.63, 3.8) is 0 Å². The molecule has 5 atom stereocenters. The molecule has 0 bridgehead atoms. The van der Waals surface area contributed by atoms with E-state index in [1.54, 1.807) is 55.4 Å². The number of carbonyl (C=O) groups is 5. The van der Waals surface area contributed by atoms with E-state index < -0.39 is 74.7 Å². The average molecular weight is 699 g/mol. The predicted octanol–water partition coefficient (Wildman–Crippen LogP) is 2.86. The van der Waals surface area contributed by atoms with Gasteiger partial charge in [-0.15, -0.1) is 6.58 Å². The zero-order chi connectivity index (χ0) is 37.2. The minimum atomic E-state index is -3.74. The largest absolute Gasteiger partial charge is 0.346 e. The van der Waals surface area contributed by atoms with Crippen LogP contribution in [-0.2, 0) is 29.2 Å². The fraction of sp³-hybridized carbons (Fsp3) is 0.794. The topological polar surface area (TPSA) is 183 Å². The molecule has 0 saturated carbocycles. The third-order valence-corrected chi connectivity index (χ3v) is 9.71. The van der Waals surface area contributed by atoms with Gasteiger partial charge >= 0.3 is 6.03 Å². The number of nitrogens with zero attached hydrogens (tertiary/aromatic N) is 1. The minimum absolute atomic E-state index is 0.00112. The van der Waals surface area contributed by atoms with E-state index in [1.807, 2.05) is 6.92 Å². The third kappa shape index (κ3) is 14.2. The van der Waals surface area contributed by atoms with Gasteiger partial charge in [-0.2, -0.15) is 0 Å². The number of hydrogen-bond acceptors (Lipinski definition) is 7. The van der Waals surface area contributed by atoms with E-state index in [4.69, 9.17) is 0 Å². The highest BCUT2D eigenvalue weighted by Crippen LogP contribution is 2.32. The Balaban J connectivity index is 3.32. The molecule has 1 heterocycles. The number of likely N-dealkylation sites (tertiary alicyclic amines) is 1. The van der Waals surface area contributed by atoms with Gasteiger partial charge in [0.1, 0.15) is 12.1 Å². The number of carbonyl (C=O) groups excluding carboxylic acids is 5. The number of ketones is 1. The molecule has 1 unspecified atom stereocenters. The fourth-order valence-corrected chi connectivity index (χ4v) is 7.75. The zero-order valence-electron chi connectivity index (χ0n) is 31.0. The second kappa shape index (κ2) is 18.1. The Labute approximate surface area is 288 Å². The van der Waals surface area contributed by atoms with E-state index in [9.17, 15) is 32.4 Å². The van der Waals surface area contributed by atoms with Gasteiger partial charge in [-0.25, -0.2) is 17.9 Å². The van der Waals surface area contributed by atoms with Crippen LogP contribution in [0.1, 0.15) is 102 Å². The Morgan fingerprint density at radius 3 is 2.04 bits per heavy atom. The van der Waals surface area contributed by atoms with Gasteiger partial charge in [-0.3, -0.25) is 19.2 Å². The molecule has 1 fully saturated rings. The van der Waals surface area contributed by atoms with Gasteiger partial charge in [0.2, 0.25) is 27.6 Å². The van der Waals surface area contributed by atoms with Gasteiger partial charge in [0.15, 0.2) is 0 Å². The van der Waals surface area contributed by atoms with Crippen LogP contribution in [0.2, 0.25) is 0 Å². The van der Waals surface area contributed by atoms with Gasteiger partial charge in [0, 0.05) is 24.7 Å². The molecule has 1 rings (SSSR count). The van der Waals surface area contributed by atoms with Crippen LogP contribution in [0.5, 0.6) is 0 Å². The SMILES string of the molecule is C=CCNC(=O)C(=O)C(CCC)NC(=O)[C@@H]1C[C@@H](CC(C)C)CN1C(=O)[C@@H](NC(=O)N[C@H](CS(=O)(=O)NC(C)(C)C)C(C)C)C(C)(C)C. The van der Waals surface area contributed by atoms with Crippen molar-refractivity contribution in [1.82, 2.24) is 30.9 Å². The smallest absolute Gasteiger partial charge is 0.315 e. The summed E-state index contributed by atoms with van der Waals surface area (Å²) in [5.74, 6) is -2.88. The molecule has 1 saturated heterocycles. The third-order valence-electron chi connectivity index (χ3n) is 7.99. The summed E-state index contributed by atoms with van der Waals surface area (Å²) in [6.45, 7) is 24.0. The summed E-state index contributed by atoms with van der Waals surface area (Å²) < 4.78 is 28.3. The fourth-order valence-electron chi connectivity index (χ4n) is 5.79. The highest BCUT2D eigenvalue weighted by atomic mass is 32.2. The molecule has 5 N–H and O–H groups in total. The summed E-state index contributed by atoms with van der Waals surface area (Å²) in [5.41, 5.74) is -1.48. The Kier molecular flexibility index (Phi) is 16.2. The molecule has 1 aliphatic heterocycles. The van der Waals surface area contributed by atoms with Crippen molar-refractivity contribution < 1.29 is 32.4 Å². The first-order valence-electron chi connectivity index (χ1n) is 17.0. The Morgan fingerprint density at radius 1 is 0.958 bits per heavy atom. The highest BCUT2D eigenvalue weighted by Gasteiger charge is 2.46. The minimum Gasteiger partial charge on any atom is -0.346 e. The van der Waals surface area contributed by atoms with Crippen LogP contribution in [-0.4, -0.2) is 91.4 Å². The average Bonchev–Trinajstić information content (AvgIpc) is 3.34. The van der Waals surface area contributed by atoms with Gasteiger partial charge in [0.25, 0.3) is 5.91 Å². The molecule has 0 spiro atoms. The van der Waals surface area contributed by atoms with Crippen molar-refractivity contribution in [2.45, 2.75) is 132 Å². The van der Waals surface area contributed by atoms with Crippen molar-refractivity contribution in [3.05, 3.63) is 12.7 Å². The summed E-state index contributed by atoms with van der Waals surface area (Å²) in [5, 5.41) is 10.7. The van der Waals surface area contributed by atoms with Gasteiger partial charge < -0.3 is 26.2 Å². The first-order chi connectivity index (χ1) is 21.9. The Morgan fingerprint density at radius 2 is 1.56 bits per heavy atom. The molecule has 0 aromatic rings. The summed E-state index contributed by atoms with van der Waals surface area (Å²) >= 11 is 0. The van der Waals surface area contributed by atoms with E-state index in [-0.39, 0.29) is 37.1 Å². The number of sulfonamides is 1. The molecule has 48 heavy (non-hydrogen) atoms. The maximum absolute atomic E-state index is 14.3. The molecule has 1 aliphatic rings. The van der Waals surface area contributed by atoms with Crippen molar-refractivity contribution in [3.8, 4) is 0 Å². The number of nitrogens with one attached hydrogen (secondary N) is 5. The van der Waals surface area contributed by atoms with Crippen LogP contribution in [0.25, 0.3) is 0 Å². The second-order valence-corrected chi connectivity index (χ2v) is 17.6. The van der Waals surface area contributed by atoms with Crippen LogP contribution in [0.15, 0.2) is 12.7 Å². The normalized spacial score (nSPS) is 19.0. The van der Waals surface area contributed by atoms with Crippen LogP contribution < -0.4 is 26.0 Å². The van der Waals surface area contributed by atoms with Crippen molar-refractivity contribution in [2.75, 3.05) is 18.8 Å². The van der Waals surface area contributed by atoms with E-state index in [0.717, 1.165) is 6.42 Å². The first kappa shape index (κ1) is 43.0. The standard InChI is InChI=1S/C34H62N6O7S/c1-13-15-24(27(41)30(43)35-16-14-2)36-29(42)26-18-23(17-21(3)4)19-40(26)31(44)28(33(7,8)9)38-32(45)37-25(22(5)6)20-48(46,47)39-34(10,11)12/h14,21-26,28,39H,2,13,15-20H2,1,3-12H3,(H,35,43)(H,36,42)(H2,37,38,45)/t23-,24?,25-,26+,28-/m1/s1. The van der Waals surface area contributed by atoms with E-state index in [1.165, 1.54) is 11.0 Å². The van der Waals surface area contributed by atoms with Crippen LogP contribution in [0.4, 0.5) is 4.79 Å². The number of Topliss-reactive ketones (excluding diaryl/α,β-unsaturated/α-hetero) is 1. The molecule has 0 radical (unpaired) electrons. The molecule has 0 aromatic heterocycles. The van der Waals surface area contributed by atoms with E-state index in [2.05, 4.69) is 46.4 Å². The lowest BCUT2D eigenvalue weighted by atomic mass is 9.85. The van der Waals surface area contributed by atoms with E-state index in [0.29, 0.717) is 18.8 Å². The number of amides is 5. The predicted molar refractivity (Wildman–Crippen MR) is 188 cm³/mol. The molecule has 14 heteroatoms. The highest BCUT2D eigenvalue weighted by molar-refractivity contribution is 7.89. The summed E-state index contributed by atoms with van der Waals surface area (Å²) in [7, 11) is -3.74. The maximum atomic E-state index is 14.3. The number of urea groups is 1. The maximum Gasteiger partial charge on any atom is 0.315 e. The van der Waals surface area contributed by atoms with Crippen LogP contribution >= 0.6 is 0 Å². The molecule has 0 aromatic carbocycles. The Bertz CT molecular complexity index is 1250. The summed E-state index contributed by atoms with van der Waals surface area (Å²) in [6.07, 6.45) is 3.35. The first-order valence-corrected chi connectivity index (χ1v) is 18.7. The summed E-state index contributed by atoms with van der Waals surface area (Å²) in [4.78, 5) is 68.3. The van der Waals surface area contributed by atoms with E-state index >= 15 is 0 Å². The summed E-state index contributed by atoms with van der Waals surface area (Å²) in [6, 6.07) is -4.51. The molecular weight excluding hydrogens is 636 g/mol. The lowest BCUT2D eigenvalue weighted by Gasteiger charge is -2.36. The van der Waals surface area contributed by atoms with Crippen LogP contribution in [0.3, 0.4) is 0 Å².